The molecule has 0 bridgehead atoms. The van der Waals surface area contributed by atoms with Crippen LogP contribution in [0.2, 0.25) is 0 Å². The lowest BCUT2D eigenvalue weighted by Gasteiger charge is -2.14. The number of aliphatic imine (C=N–C) groups is 1. The minimum absolute atomic E-state index is 0.611. The van der Waals surface area contributed by atoms with Gasteiger partial charge >= 0.3 is 0 Å². The van der Waals surface area contributed by atoms with E-state index < -0.39 is 0 Å². The van der Waals surface area contributed by atoms with Crippen molar-refractivity contribution in [2.45, 2.75) is 19.3 Å². The predicted octanol–water partition coefficient (Wildman–Crippen LogP) is 3.68. The van der Waals surface area contributed by atoms with Gasteiger partial charge in [-0.2, -0.15) is 0 Å². The molecule has 0 saturated carbocycles. The lowest BCUT2D eigenvalue weighted by molar-refractivity contribution is 0.297. The Morgan fingerprint density at radius 2 is 1.97 bits per heavy atom. The van der Waals surface area contributed by atoms with Crippen molar-refractivity contribution in [1.82, 2.24) is 10.3 Å². The van der Waals surface area contributed by atoms with E-state index in [1.807, 2.05) is 42.6 Å². The second kappa shape index (κ2) is 10.3. The van der Waals surface area contributed by atoms with Gasteiger partial charge in [0.05, 0.1) is 19.5 Å². The number of nitrogens with zero attached hydrogens (tertiary/aromatic N) is 2. The zero-order valence-corrected chi connectivity index (χ0v) is 16.8. The van der Waals surface area contributed by atoms with Crippen LogP contribution in [-0.2, 0) is 12.8 Å². The number of ether oxygens (including phenoxy) is 2. The molecule has 3 heterocycles. The zero-order chi connectivity index (χ0) is 20.4. The van der Waals surface area contributed by atoms with Gasteiger partial charge in [0, 0.05) is 50.1 Å². The van der Waals surface area contributed by atoms with E-state index in [2.05, 4.69) is 21.7 Å². The summed E-state index contributed by atoms with van der Waals surface area (Å²) in [5.41, 5.74) is 2.07. The number of hydrogen-bond donors (Lipinski definition) is 2. The van der Waals surface area contributed by atoms with Gasteiger partial charge in [0.1, 0.15) is 5.76 Å². The van der Waals surface area contributed by atoms with Crippen LogP contribution in [0.3, 0.4) is 0 Å². The van der Waals surface area contributed by atoms with Gasteiger partial charge in [-0.05, 0) is 42.3 Å². The molecule has 30 heavy (non-hydrogen) atoms. The molecule has 0 amide bonds. The van der Waals surface area contributed by atoms with E-state index in [4.69, 9.17) is 18.9 Å². The minimum atomic E-state index is 0.611. The van der Waals surface area contributed by atoms with Crippen molar-refractivity contribution in [1.29, 1.82) is 0 Å². The van der Waals surface area contributed by atoms with Crippen LogP contribution in [0, 0.1) is 0 Å². The number of pyridine rings is 1. The third-order valence-corrected chi connectivity index (χ3v) is 4.65. The second-order valence-electron chi connectivity index (χ2n) is 6.93. The van der Waals surface area contributed by atoms with Crippen molar-refractivity contribution in [3.8, 4) is 11.5 Å². The lowest BCUT2D eigenvalue weighted by atomic mass is 10.2. The van der Waals surface area contributed by atoms with E-state index in [1.54, 1.807) is 12.5 Å². The van der Waals surface area contributed by atoms with Crippen molar-refractivity contribution in [3.05, 3.63) is 72.4 Å². The molecule has 7 nitrogen and oxygen atoms in total. The van der Waals surface area contributed by atoms with Gasteiger partial charge in [-0.15, -0.1) is 0 Å². The molecular weight excluding hydrogens is 380 g/mol. The molecule has 0 aliphatic carbocycles. The summed E-state index contributed by atoms with van der Waals surface area (Å²) in [5, 5.41) is 6.77. The fourth-order valence-corrected chi connectivity index (χ4v) is 3.12. The number of benzene rings is 1. The van der Waals surface area contributed by atoms with Gasteiger partial charge in [0.15, 0.2) is 17.5 Å². The number of anilines is 1. The van der Waals surface area contributed by atoms with Crippen LogP contribution >= 0.6 is 0 Å². The summed E-state index contributed by atoms with van der Waals surface area (Å²) in [5.74, 6) is 3.16. The largest absolute Gasteiger partial charge is 0.490 e. The first-order valence-corrected chi connectivity index (χ1v) is 10.2. The van der Waals surface area contributed by atoms with E-state index in [9.17, 15) is 0 Å². The molecule has 0 fully saturated rings. The van der Waals surface area contributed by atoms with Gasteiger partial charge in [0.2, 0.25) is 0 Å². The van der Waals surface area contributed by atoms with E-state index in [0.29, 0.717) is 25.7 Å². The average molecular weight is 406 g/mol. The summed E-state index contributed by atoms with van der Waals surface area (Å²) in [6.45, 7) is 2.68. The number of aromatic nitrogens is 1. The number of hydrogen-bond acceptors (Lipinski definition) is 5. The Morgan fingerprint density at radius 1 is 1.03 bits per heavy atom. The maximum atomic E-state index is 5.80. The van der Waals surface area contributed by atoms with Crippen molar-refractivity contribution < 1.29 is 13.9 Å². The van der Waals surface area contributed by atoms with Gasteiger partial charge < -0.3 is 24.5 Å². The first-order chi connectivity index (χ1) is 14.9. The van der Waals surface area contributed by atoms with E-state index in [1.165, 1.54) is 5.56 Å². The summed E-state index contributed by atoms with van der Waals surface area (Å²) in [4.78, 5) is 8.87. The van der Waals surface area contributed by atoms with Gasteiger partial charge in [-0.1, -0.05) is 6.07 Å². The van der Waals surface area contributed by atoms with Gasteiger partial charge in [-0.25, -0.2) is 0 Å². The number of guanidine groups is 1. The molecule has 0 radical (unpaired) electrons. The van der Waals surface area contributed by atoms with Crippen LogP contribution in [0.4, 0.5) is 5.69 Å². The summed E-state index contributed by atoms with van der Waals surface area (Å²) >= 11 is 0. The molecule has 2 aromatic heterocycles. The lowest BCUT2D eigenvalue weighted by Crippen LogP contribution is -2.32. The third-order valence-electron chi connectivity index (χ3n) is 4.65. The van der Waals surface area contributed by atoms with E-state index in [-0.39, 0.29) is 0 Å². The van der Waals surface area contributed by atoms with Gasteiger partial charge in [-0.3, -0.25) is 9.98 Å². The standard InChI is InChI=1S/C23H26N4O3/c1-4-18(17-24-10-1)8-11-25-23(26-12-9-20-5-2-13-28-20)27-19-6-7-21-22(16-19)30-15-3-14-29-21/h1-2,4-7,10,13,16-17H,3,8-9,11-12,14-15H2,(H2,25,26,27). The summed E-state index contributed by atoms with van der Waals surface area (Å²) in [6, 6.07) is 13.7. The molecule has 3 aromatic rings. The molecule has 1 aliphatic heterocycles. The highest BCUT2D eigenvalue weighted by Crippen LogP contribution is 2.32. The molecule has 156 valence electrons. The number of nitrogens with one attached hydrogen (secondary N) is 2. The Labute approximate surface area is 176 Å². The summed E-state index contributed by atoms with van der Waals surface area (Å²) in [7, 11) is 0. The topological polar surface area (TPSA) is 80.9 Å². The van der Waals surface area contributed by atoms with Crippen LogP contribution < -0.4 is 20.1 Å². The molecular formula is C23H26N4O3. The first-order valence-electron chi connectivity index (χ1n) is 10.2. The first kappa shape index (κ1) is 19.8. The average Bonchev–Trinajstić information content (AvgIpc) is 3.18. The molecule has 0 saturated heterocycles. The quantitative estimate of drug-likeness (QED) is 0.460. The fraction of sp³-hybridized carbons (Fsp3) is 0.304. The van der Waals surface area contributed by atoms with Gasteiger partial charge in [0.25, 0.3) is 0 Å². The summed E-state index contributed by atoms with van der Waals surface area (Å²) < 4.78 is 16.9. The van der Waals surface area contributed by atoms with Crippen LogP contribution in [0.5, 0.6) is 11.5 Å². The highest BCUT2D eigenvalue weighted by atomic mass is 16.5. The van der Waals surface area contributed by atoms with Crippen molar-refractivity contribution >= 4 is 11.6 Å². The number of furan rings is 1. The van der Waals surface area contributed by atoms with Crippen LogP contribution in [0.15, 0.2) is 70.5 Å². The van der Waals surface area contributed by atoms with Crippen LogP contribution in [0.25, 0.3) is 0 Å². The zero-order valence-electron chi connectivity index (χ0n) is 16.8. The predicted molar refractivity (Wildman–Crippen MR) is 116 cm³/mol. The Balaban J connectivity index is 1.41. The molecule has 0 atom stereocenters. The Bertz CT molecular complexity index is 942. The minimum Gasteiger partial charge on any atom is -0.490 e. The highest BCUT2D eigenvalue weighted by Gasteiger charge is 2.11. The van der Waals surface area contributed by atoms with Crippen molar-refractivity contribution in [2.24, 2.45) is 4.99 Å². The molecule has 1 aliphatic rings. The van der Waals surface area contributed by atoms with Crippen LogP contribution in [-0.4, -0.2) is 37.2 Å². The van der Waals surface area contributed by atoms with Crippen LogP contribution in [0.1, 0.15) is 17.7 Å². The SMILES string of the molecule is c1cncc(CCNC(=NCCc2ccco2)Nc2ccc3c(c2)OCCCO3)c1. The molecule has 0 spiro atoms. The Hall–Kier alpha value is -3.48. The van der Waals surface area contributed by atoms with E-state index >= 15 is 0 Å². The molecule has 0 unspecified atom stereocenters. The molecule has 7 heteroatoms. The normalized spacial score (nSPS) is 13.5. The Morgan fingerprint density at radius 3 is 2.80 bits per heavy atom. The van der Waals surface area contributed by atoms with Crippen molar-refractivity contribution in [2.75, 3.05) is 31.6 Å². The third kappa shape index (κ3) is 5.76. The number of fused-ring (bicyclic) bond motifs is 1. The molecule has 2 N–H and O–H groups in total. The smallest absolute Gasteiger partial charge is 0.195 e. The fourth-order valence-electron chi connectivity index (χ4n) is 3.12. The van der Waals surface area contributed by atoms with E-state index in [0.717, 1.165) is 48.8 Å². The maximum Gasteiger partial charge on any atom is 0.195 e. The molecule has 1 aromatic carbocycles. The second-order valence-corrected chi connectivity index (χ2v) is 6.93. The molecule has 4 rings (SSSR count). The van der Waals surface area contributed by atoms with Crippen molar-refractivity contribution in [3.63, 3.8) is 0 Å². The number of rotatable bonds is 7. The Kier molecular flexibility index (Phi) is 6.83. The monoisotopic (exact) mass is 406 g/mol. The highest BCUT2D eigenvalue weighted by molar-refractivity contribution is 5.94. The maximum absolute atomic E-state index is 5.80. The summed E-state index contributed by atoms with van der Waals surface area (Å²) in [6.07, 6.45) is 7.82.